The highest BCUT2D eigenvalue weighted by molar-refractivity contribution is 8.00. The molecule has 1 saturated heterocycles. The molecule has 0 radical (unpaired) electrons. The lowest BCUT2D eigenvalue weighted by Crippen LogP contribution is -2.37. The van der Waals surface area contributed by atoms with Gasteiger partial charge in [0.15, 0.2) is 5.82 Å². The molecule has 1 aliphatic heterocycles. The van der Waals surface area contributed by atoms with Gasteiger partial charge in [-0.05, 0) is 36.2 Å². The van der Waals surface area contributed by atoms with Crippen LogP contribution >= 0.6 is 11.8 Å². The molecule has 1 atom stereocenters. The number of carbonyl (C=O) groups is 1. The van der Waals surface area contributed by atoms with Crippen molar-refractivity contribution in [1.29, 1.82) is 0 Å². The predicted molar refractivity (Wildman–Crippen MR) is 138 cm³/mol. The molecular formula is C28H28N4O2S. The first-order chi connectivity index (χ1) is 17.3. The summed E-state index contributed by atoms with van der Waals surface area (Å²) >= 11 is 1.62. The molecule has 4 aromatic rings. The fourth-order valence-electron chi connectivity index (χ4n) is 4.26. The van der Waals surface area contributed by atoms with Crippen LogP contribution in [0, 0.1) is 0 Å². The van der Waals surface area contributed by atoms with Crippen LogP contribution in [0.4, 0.5) is 0 Å². The fourth-order valence-corrected chi connectivity index (χ4v) is 5.38. The molecule has 1 aromatic heterocycles. The van der Waals surface area contributed by atoms with E-state index in [-0.39, 0.29) is 11.2 Å². The summed E-state index contributed by atoms with van der Waals surface area (Å²) in [6, 6.07) is 30.0. The zero-order valence-electron chi connectivity index (χ0n) is 19.5. The fraction of sp³-hybridized carbons (Fsp3) is 0.250. The third-order valence-electron chi connectivity index (χ3n) is 6.08. The number of hydrogen-bond donors (Lipinski definition) is 0. The maximum Gasteiger partial charge on any atom is 0.257 e. The minimum atomic E-state index is -0.268. The lowest BCUT2D eigenvalue weighted by molar-refractivity contribution is -0.130. The zero-order chi connectivity index (χ0) is 23.9. The smallest absolute Gasteiger partial charge is 0.257 e. The summed E-state index contributed by atoms with van der Waals surface area (Å²) < 4.78 is 5.46. The lowest BCUT2D eigenvalue weighted by Gasteiger charge is -2.26. The van der Waals surface area contributed by atoms with Crippen LogP contribution in [0.3, 0.4) is 0 Å². The van der Waals surface area contributed by atoms with Gasteiger partial charge in [-0.1, -0.05) is 71.9 Å². The topological polar surface area (TPSA) is 62.5 Å². The third-order valence-corrected chi connectivity index (χ3v) is 7.33. The standard InChI is InChI=1S/C28H28N4O2S/c33-28(26(22-11-4-1-5-12-22)35-24-15-8-3-9-16-24)32-18-10-17-31(19-20-32)21-25-29-27(34-30-25)23-13-6-2-7-14-23/h1-9,11-16,26H,10,17-21H2. The highest BCUT2D eigenvalue weighted by atomic mass is 32.2. The molecule has 0 N–H and O–H groups in total. The SMILES string of the molecule is O=C(C(Sc1ccccc1)c1ccccc1)N1CCCN(Cc2noc(-c3ccccc3)n2)CC1. The van der Waals surface area contributed by atoms with Crippen molar-refractivity contribution in [3.63, 3.8) is 0 Å². The molecule has 0 spiro atoms. The molecule has 35 heavy (non-hydrogen) atoms. The Morgan fingerprint density at radius 3 is 2.29 bits per heavy atom. The van der Waals surface area contributed by atoms with E-state index in [0.717, 1.165) is 42.1 Å². The number of hydrogen-bond acceptors (Lipinski definition) is 6. The first-order valence-electron chi connectivity index (χ1n) is 11.9. The molecule has 7 heteroatoms. The number of rotatable bonds is 7. The summed E-state index contributed by atoms with van der Waals surface area (Å²) in [6.07, 6.45) is 0.909. The minimum Gasteiger partial charge on any atom is -0.340 e. The molecule has 1 amide bonds. The van der Waals surface area contributed by atoms with Crippen LogP contribution in [0.25, 0.3) is 11.5 Å². The van der Waals surface area contributed by atoms with Crippen molar-refractivity contribution in [3.05, 3.63) is 102 Å². The Balaban J connectivity index is 1.24. The summed E-state index contributed by atoms with van der Waals surface area (Å²) in [7, 11) is 0. The molecule has 3 aromatic carbocycles. The van der Waals surface area contributed by atoms with E-state index >= 15 is 0 Å². The molecule has 6 nitrogen and oxygen atoms in total. The molecule has 2 heterocycles. The number of nitrogens with zero attached hydrogens (tertiary/aromatic N) is 4. The van der Waals surface area contributed by atoms with Gasteiger partial charge in [0.05, 0.1) is 6.54 Å². The van der Waals surface area contributed by atoms with E-state index in [1.165, 1.54) is 0 Å². The number of benzene rings is 3. The van der Waals surface area contributed by atoms with Gasteiger partial charge in [-0.2, -0.15) is 4.98 Å². The van der Waals surface area contributed by atoms with Crippen molar-refractivity contribution < 1.29 is 9.32 Å². The third kappa shape index (κ3) is 5.99. The summed E-state index contributed by atoms with van der Waals surface area (Å²) in [4.78, 5) is 23.7. The molecule has 178 valence electrons. The van der Waals surface area contributed by atoms with Crippen LogP contribution < -0.4 is 0 Å². The second kappa shape index (κ2) is 11.3. The number of aromatic nitrogens is 2. The van der Waals surface area contributed by atoms with E-state index < -0.39 is 0 Å². The number of carbonyl (C=O) groups excluding carboxylic acids is 1. The monoisotopic (exact) mass is 484 g/mol. The highest BCUT2D eigenvalue weighted by Crippen LogP contribution is 2.36. The van der Waals surface area contributed by atoms with E-state index in [9.17, 15) is 4.79 Å². The van der Waals surface area contributed by atoms with Crippen molar-refractivity contribution in [1.82, 2.24) is 19.9 Å². The summed E-state index contributed by atoms with van der Waals surface area (Å²) in [6.45, 7) is 3.70. The largest absolute Gasteiger partial charge is 0.340 e. The van der Waals surface area contributed by atoms with Gasteiger partial charge in [-0.3, -0.25) is 9.69 Å². The molecule has 0 bridgehead atoms. The molecule has 1 unspecified atom stereocenters. The van der Waals surface area contributed by atoms with E-state index in [1.807, 2.05) is 83.8 Å². The van der Waals surface area contributed by atoms with Crippen molar-refractivity contribution in [2.45, 2.75) is 23.1 Å². The van der Waals surface area contributed by atoms with E-state index in [2.05, 4.69) is 27.2 Å². The summed E-state index contributed by atoms with van der Waals surface area (Å²) in [5.41, 5.74) is 1.95. The average molecular weight is 485 g/mol. The second-order valence-corrected chi connectivity index (χ2v) is 9.74. The van der Waals surface area contributed by atoms with Crippen LogP contribution in [-0.2, 0) is 11.3 Å². The van der Waals surface area contributed by atoms with E-state index in [0.29, 0.717) is 24.8 Å². The Kier molecular flexibility index (Phi) is 7.56. The Morgan fingerprint density at radius 2 is 1.54 bits per heavy atom. The van der Waals surface area contributed by atoms with Gasteiger partial charge in [0.25, 0.3) is 5.89 Å². The van der Waals surface area contributed by atoms with Crippen LogP contribution in [-0.4, -0.2) is 52.0 Å². The van der Waals surface area contributed by atoms with Crippen LogP contribution in [0.2, 0.25) is 0 Å². The van der Waals surface area contributed by atoms with Crippen molar-refractivity contribution in [3.8, 4) is 11.5 Å². The first kappa shape index (κ1) is 23.3. The molecule has 0 saturated carbocycles. The van der Waals surface area contributed by atoms with Gasteiger partial charge in [0, 0.05) is 36.6 Å². The number of amides is 1. The first-order valence-corrected chi connectivity index (χ1v) is 12.8. The molecule has 5 rings (SSSR count). The lowest BCUT2D eigenvalue weighted by atomic mass is 10.1. The Bertz CT molecular complexity index is 1220. The van der Waals surface area contributed by atoms with Gasteiger partial charge in [0.1, 0.15) is 5.25 Å². The zero-order valence-corrected chi connectivity index (χ0v) is 20.3. The van der Waals surface area contributed by atoms with Crippen molar-refractivity contribution in [2.24, 2.45) is 0 Å². The van der Waals surface area contributed by atoms with Crippen LogP contribution in [0.15, 0.2) is 100 Å². The van der Waals surface area contributed by atoms with Gasteiger partial charge in [-0.25, -0.2) is 0 Å². The Labute approximate surface area is 210 Å². The van der Waals surface area contributed by atoms with Gasteiger partial charge >= 0.3 is 0 Å². The van der Waals surface area contributed by atoms with Gasteiger partial charge < -0.3 is 9.42 Å². The van der Waals surface area contributed by atoms with Crippen LogP contribution in [0.1, 0.15) is 23.1 Å². The molecule has 1 aliphatic rings. The van der Waals surface area contributed by atoms with Crippen molar-refractivity contribution in [2.75, 3.05) is 26.2 Å². The molecule has 1 fully saturated rings. The van der Waals surface area contributed by atoms with Gasteiger partial charge in [-0.15, -0.1) is 11.8 Å². The second-order valence-electron chi connectivity index (χ2n) is 8.56. The van der Waals surface area contributed by atoms with Gasteiger partial charge in [0.2, 0.25) is 5.91 Å². The maximum atomic E-state index is 13.7. The Morgan fingerprint density at radius 1 is 0.857 bits per heavy atom. The Hall–Kier alpha value is -3.42. The van der Waals surface area contributed by atoms with E-state index in [1.54, 1.807) is 11.8 Å². The quantitative estimate of drug-likeness (QED) is 0.332. The highest BCUT2D eigenvalue weighted by Gasteiger charge is 2.28. The van der Waals surface area contributed by atoms with Crippen LogP contribution in [0.5, 0.6) is 0 Å². The number of thioether (sulfide) groups is 1. The van der Waals surface area contributed by atoms with E-state index in [4.69, 9.17) is 4.52 Å². The minimum absolute atomic E-state index is 0.165. The normalized spacial score (nSPS) is 15.5. The molecular weight excluding hydrogens is 456 g/mol. The predicted octanol–water partition coefficient (Wildman–Crippen LogP) is 5.30. The average Bonchev–Trinajstić information content (AvgIpc) is 3.26. The maximum absolute atomic E-state index is 13.7. The van der Waals surface area contributed by atoms with Crippen molar-refractivity contribution >= 4 is 17.7 Å². The molecule has 0 aliphatic carbocycles. The summed E-state index contributed by atoms with van der Waals surface area (Å²) in [5, 5.41) is 3.91. The summed E-state index contributed by atoms with van der Waals surface area (Å²) in [5.74, 6) is 1.37.